The van der Waals surface area contributed by atoms with Gasteiger partial charge in [-0.3, -0.25) is 0 Å². The van der Waals surface area contributed by atoms with Gasteiger partial charge < -0.3 is 10.0 Å². The number of aliphatic hydroxyl groups excluding tert-OH is 1. The summed E-state index contributed by atoms with van der Waals surface area (Å²) in [6, 6.07) is 17.2. The molecule has 2 aromatic carbocycles. The number of fused-ring (bicyclic) bond motifs is 1. The minimum atomic E-state index is -0.397. The van der Waals surface area contributed by atoms with E-state index in [9.17, 15) is 5.11 Å². The first-order chi connectivity index (χ1) is 9.72. The molecule has 3 rings (SSSR count). The van der Waals surface area contributed by atoms with Crippen LogP contribution in [0.15, 0.2) is 48.5 Å². The van der Waals surface area contributed by atoms with Gasteiger partial charge in [-0.15, -0.1) is 0 Å². The Labute approximate surface area is 120 Å². The SMILES string of the molecule is CC[C@@H](O)c1ccccc1N1c2ccccc2CC1C. The lowest BCUT2D eigenvalue weighted by atomic mass is 10.0. The van der Waals surface area contributed by atoms with Crippen LogP contribution in [-0.2, 0) is 6.42 Å². The Morgan fingerprint density at radius 2 is 1.75 bits per heavy atom. The zero-order valence-electron chi connectivity index (χ0n) is 12.1. The van der Waals surface area contributed by atoms with E-state index in [0.717, 1.165) is 24.1 Å². The second-order valence-corrected chi connectivity index (χ2v) is 5.53. The second kappa shape index (κ2) is 5.29. The molecule has 2 atom stereocenters. The first-order valence-electron chi connectivity index (χ1n) is 7.36. The molecule has 2 nitrogen and oxygen atoms in total. The van der Waals surface area contributed by atoms with Gasteiger partial charge in [0.2, 0.25) is 0 Å². The van der Waals surface area contributed by atoms with Crippen LogP contribution < -0.4 is 4.90 Å². The van der Waals surface area contributed by atoms with Crippen molar-refractivity contribution in [3.05, 3.63) is 59.7 Å². The molecule has 0 fully saturated rings. The van der Waals surface area contributed by atoms with E-state index in [4.69, 9.17) is 0 Å². The summed E-state index contributed by atoms with van der Waals surface area (Å²) in [5.41, 5.74) is 4.83. The fourth-order valence-electron chi connectivity index (χ4n) is 3.14. The van der Waals surface area contributed by atoms with Crippen molar-refractivity contribution >= 4 is 11.4 Å². The van der Waals surface area contributed by atoms with E-state index < -0.39 is 6.10 Å². The molecule has 0 saturated carbocycles. The van der Waals surface area contributed by atoms with Crippen LogP contribution in [-0.4, -0.2) is 11.1 Å². The van der Waals surface area contributed by atoms with Crippen LogP contribution in [0, 0.1) is 0 Å². The third-order valence-electron chi connectivity index (χ3n) is 4.15. The van der Waals surface area contributed by atoms with Crippen LogP contribution in [0.5, 0.6) is 0 Å². The molecule has 20 heavy (non-hydrogen) atoms. The smallest absolute Gasteiger partial charge is 0.0807 e. The lowest BCUT2D eigenvalue weighted by Gasteiger charge is -2.28. The molecule has 0 saturated heterocycles. The summed E-state index contributed by atoms with van der Waals surface area (Å²) in [5.74, 6) is 0. The van der Waals surface area contributed by atoms with Gasteiger partial charge in [0.15, 0.2) is 0 Å². The Balaban J connectivity index is 2.10. The number of benzene rings is 2. The first kappa shape index (κ1) is 13.2. The van der Waals surface area contributed by atoms with Crippen LogP contribution in [0.2, 0.25) is 0 Å². The van der Waals surface area contributed by atoms with Crippen molar-refractivity contribution < 1.29 is 5.11 Å². The summed E-state index contributed by atoms with van der Waals surface area (Å²) >= 11 is 0. The first-order valence-corrected chi connectivity index (χ1v) is 7.36. The molecule has 1 aliphatic rings. The molecule has 1 heterocycles. The molecule has 0 spiro atoms. The number of aliphatic hydroxyl groups is 1. The molecule has 104 valence electrons. The minimum absolute atomic E-state index is 0.397. The predicted molar refractivity (Wildman–Crippen MR) is 83.4 cm³/mol. The Bertz CT molecular complexity index is 608. The van der Waals surface area contributed by atoms with Crippen LogP contribution in [0.25, 0.3) is 0 Å². The number of hydrogen-bond donors (Lipinski definition) is 1. The second-order valence-electron chi connectivity index (χ2n) is 5.53. The van der Waals surface area contributed by atoms with Crippen molar-refractivity contribution in [2.45, 2.75) is 38.8 Å². The van der Waals surface area contributed by atoms with Crippen LogP contribution in [0.3, 0.4) is 0 Å². The Hall–Kier alpha value is -1.80. The Morgan fingerprint density at radius 3 is 2.50 bits per heavy atom. The number of para-hydroxylation sites is 2. The summed E-state index contributed by atoms with van der Waals surface area (Å²) in [4.78, 5) is 2.36. The maximum absolute atomic E-state index is 10.3. The summed E-state index contributed by atoms with van der Waals surface area (Å²) in [6.45, 7) is 4.26. The summed E-state index contributed by atoms with van der Waals surface area (Å²) in [7, 11) is 0. The normalized spacial score (nSPS) is 18.9. The summed E-state index contributed by atoms with van der Waals surface area (Å²) in [5, 5.41) is 10.3. The van der Waals surface area contributed by atoms with Gasteiger partial charge in [-0.1, -0.05) is 43.3 Å². The van der Waals surface area contributed by atoms with E-state index in [-0.39, 0.29) is 0 Å². The van der Waals surface area contributed by atoms with Crippen LogP contribution in [0.1, 0.15) is 37.5 Å². The van der Waals surface area contributed by atoms with Crippen molar-refractivity contribution in [3.63, 3.8) is 0 Å². The van der Waals surface area contributed by atoms with E-state index in [2.05, 4.69) is 48.2 Å². The van der Waals surface area contributed by atoms with Gasteiger partial charge >= 0.3 is 0 Å². The van der Waals surface area contributed by atoms with E-state index in [1.54, 1.807) is 0 Å². The van der Waals surface area contributed by atoms with Gasteiger partial charge in [0.05, 0.1) is 6.10 Å². The van der Waals surface area contributed by atoms with Crippen molar-refractivity contribution in [1.82, 2.24) is 0 Å². The minimum Gasteiger partial charge on any atom is -0.388 e. The highest BCUT2D eigenvalue weighted by molar-refractivity contribution is 5.73. The van der Waals surface area contributed by atoms with Gasteiger partial charge in [-0.05, 0) is 37.5 Å². The predicted octanol–water partition coefficient (Wildman–Crippen LogP) is 4.21. The molecule has 0 radical (unpaired) electrons. The molecule has 2 aromatic rings. The molecule has 0 amide bonds. The highest BCUT2D eigenvalue weighted by Crippen LogP contribution is 2.41. The highest BCUT2D eigenvalue weighted by atomic mass is 16.3. The highest BCUT2D eigenvalue weighted by Gasteiger charge is 2.28. The van der Waals surface area contributed by atoms with Crippen molar-refractivity contribution in [2.24, 2.45) is 0 Å². The lowest BCUT2D eigenvalue weighted by molar-refractivity contribution is 0.174. The molecule has 1 unspecified atom stereocenters. The number of nitrogens with zero attached hydrogens (tertiary/aromatic N) is 1. The standard InChI is InChI=1S/C18H21NO/c1-3-18(20)15-9-5-7-11-17(15)19-13(2)12-14-8-4-6-10-16(14)19/h4-11,13,18,20H,3,12H2,1-2H3/t13?,18-/m1/s1. The van der Waals surface area contributed by atoms with E-state index in [0.29, 0.717) is 6.04 Å². The van der Waals surface area contributed by atoms with Crippen molar-refractivity contribution in [2.75, 3.05) is 4.90 Å². The average molecular weight is 267 g/mol. The number of hydrogen-bond acceptors (Lipinski definition) is 2. The third kappa shape index (κ3) is 2.10. The maximum Gasteiger partial charge on any atom is 0.0807 e. The lowest BCUT2D eigenvalue weighted by Crippen LogP contribution is -2.25. The van der Waals surface area contributed by atoms with E-state index in [1.165, 1.54) is 11.3 Å². The monoisotopic (exact) mass is 267 g/mol. The molecule has 0 bridgehead atoms. The van der Waals surface area contributed by atoms with Gasteiger partial charge in [0, 0.05) is 23.0 Å². The zero-order valence-corrected chi connectivity index (χ0v) is 12.1. The van der Waals surface area contributed by atoms with Crippen LogP contribution in [0.4, 0.5) is 11.4 Å². The molecule has 2 heteroatoms. The number of anilines is 2. The molecule has 0 aromatic heterocycles. The van der Waals surface area contributed by atoms with E-state index in [1.807, 2.05) is 19.1 Å². The van der Waals surface area contributed by atoms with Gasteiger partial charge in [-0.25, -0.2) is 0 Å². The fraction of sp³-hybridized carbons (Fsp3) is 0.333. The largest absolute Gasteiger partial charge is 0.388 e. The van der Waals surface area contributed by atoms with Crippen molar-refractivity contribution in [1.29, 1.82) is 0 Å². The molecule has 1 aliphatic heterocycles. The topological polar surface area (TPSA) is 23.5 Å². The maximum atomic E-state index is 10.3. The van der Waals surface area contributed by atoms with Crippen LogP contribution >= 0.6 is 0 Å². The number of rotatable bonds is 3. The summed E-state index contributed by atoms with van der Waals surface area (Å²) < 4.78 is 0. The Morgan fingerprint density at radius 1 is 1.10 bits per heavy atom. The van der Waals surface area contributed by atoms with Gasteiger partial charge in [-0.2, -0.15) is 0 Å². The molecular formula is C18H21NO. The quantitative estimate of drug-likeness (QED) is 0.900. The molecule has 1 N–H and O–H groups in total. The fourth-order valence-corrected chi connectivity index (χ4v) is 3.14. The van der Waals surface area contributed by atoms with Gasteiger partial charge in [0.25, 0.3) is 0 Å². The van der Waals surface area contributed by atoms with Gasteiger partial charge in [0.1, 0.15) is 0 Å². The van der Waals surface area contributed by atoms with Crippen molar-refractivity contribution in [3.8, 4) is 0 Å². The average Bonchev–Trinajstić information content (AvgIpc) is 2.82. The zero-order chi connectivity index (χ0) is 14.1. The summed E-state index contributed by atoms with van der Waals surface area (Å²) in [6.07, 6.45) is 1.40. The molecular weight excluding hydrogens is 246 g/mol. The third-order valence-corrected chi connectivity index (χ3v) is 4.15. The Kier molecular flexibility index (Phi) is 3.49. The molecule has 0 aliphatic carbocycles. The van der Waals surface area contributed by atoms with E-state index >= 15 is 0 Å².